The van der Waals surface area contributed by atoms with Gasteiger partial charge in [0, 0.05) is 65.8 Å². The smallest absolute Gasteiger partial charge is 0.407 e. The second-order valence-corrected chi connectivity index (χ2v) is 7.82. The molecule has 1 heterocycles. The third-order valence-corrected chi connectivity index (χ3v) is 4.16. The van der Waals surface area contributed by atoms with Crippen molar-refractivity contribution in [2.45, 2.75) is 46.6 Å². The van der Waals surface area contributed by atoms with E-state index in [1.54, 1.807) is 6.92 Å². The van der Waals surface area contributed by atoms with Crippen LogP contribution in [0.3, 0.4) is 0 Å². The SMILES string of the molecule is CCNC(=NCCCNC(=O)OC(C)(C)C)NCCN1CCN(C(C)=O)CC1.I. The zero-order chi connectivity index (χ0) is 21.0. The van der Waals surface area contributed by atoms with Crippen molar-refractivity contribution in [1.29, 1.82) is 0 Å². The molecule has 0 bridgehead atoms. The highest BCUT2D eigenvalue weighted by Crippen LogP contribution is 2.06. The van der Waals surface area contributed by atoms with E-state index in [9.17, 15) is 9.59 Å². The third kappa shape index (κ3) is 13.5. The normalized spacial score (nSPS) is 15.3. The van der Waals surface area contributed by atoms with Crippen LogP contribution < -0.4 is 16.0 Å². The van der Waals surface area contributed by atoms with Gasteiger partial charge in [0.1, 0.15) is 5.60 Å². The number of guanidine groups is 1. The molecule has 1 fully saturated rings. The first-order chi connectivity index (χ1) is 13.2. The van der Waals surface area contributed by atoms with Gasteiger partial charge in [0.15, 0.2) is 5.96 Å². The Morgan fingerprint density at radius 2 is 1.69 bits per heavy atom. The molecule has 0 spiro atoms. The van der Waals surface area contributed by atoms with Gasteiger partial charge >= 0.3 is 6.09 Å². The molecule has 3 N–H and O–H groups in total. The van der Waals surface area contributed by atoms with Crippen LogP contribution in [0, 0.1) is 0 Å². The lowest BCUT2D eigenvalue weighted by Crippen LogP contribution is -2.50. The Morgan fingerprint density at radius 1 is 1.03 bits per heavy atom. The van der Waals surface area contributed by atoms with Crippen LogP contribution in [0.1, 0.15) is 41.0 Å². The Bertz CT molecular complexity index is 517. The minimum absolute atomic E-state index is 0. The quantitative estimate of drug-likeness (QED) is 0.191. The Kier molecular flexibility index (Phi) is 14.0. The third-order valence-electron chi connectivity index (χ3n) is 4.16. The van der Waals surface area contributed by atoms with Gasteiger partial charge in [-0.1, -0.05) is 0 Å². The summed E-state index contributed by atoms with van der Waals surface area (Å²) in [4.78, 5) is 31.7. The summed E-state index contributed by atoms with van der Waals surface area (Å²) in [6.07, 6.45) is 0.342. The van der Waals surface area contributed by atoms with Gasteiger partial charge in [-0.3, -0.25) is 14.7 Å². The minimum atomic E-state index is -0.483. The van der Waals surface area contributed by atoms with Crippen molar-refractivity contribution in [2.75, 3.05) is 58.9 Å². The van der Waals surface area contributed by atoms with E-state index in [2.05, 4.69) is 25.8 Å². The fourth-order valence-electron chi connectivity index (χ4n) is 2.74. The lowest BCUT2D eigenvalue weighted by molar-refractivity contribution is -0.130. The number of piperazine rings is 1. The number of rotatable bonds is 8. The second kappa shape index (κ2) is 14.6. The van der Waals surface area contributed by atoms with Gasteiger partial charge in [-0.05, 0) is 34.1 Å². The number of nitrogens with one attached hydrogen (secondary N) is 3. The topological polar surface area (TPSA) is 98.3 Å². The van der Waals surface area contributed by atoms with Gasteiger partial charge in [-0.15, -0.1) is 24.0 Å². The summed E-state index contributed by atoms with van der Waals surface area (Å²) < 4.78 is 5.20. The molecule has 1 aliphatic rings. The van der Waals surface area contributed by atoms with E-state index in [4.69, 9.17) is 4.74 Å². The van der Waals surface area contributed by atoms with Crippen molar-refractivity contribution in [2.24, 2.45) is 4.99 Å². The molecule has 0 aromatic heterocycles. The maximum Gasteiger partial charge on any atom is 0.407 e. The van der Waals surface area contributed by atoms with E-state index in [0.717, 1.165) is 58.2 Å². The largest absolute Gasteiger partial charge is 0.444 e. The minimum Gasteiger partial charge on any atom is -0.444 e. The zero-order valence-corrected chi connectivity index (χ0v) is 20.9. The van der Waals surface area contributed by atoms with Crippen LogP contribution in [-0.2, 0) is 9.53 Å². The van der Waals surface area contributed by atoms with Crippen molar-refractivity contribution in [3.05, 3.63) is 0 Å². The summed E-state index contributed by atoms with van der Waals surface area (Å²) in [5.74, 6) is 0.933. The molecule has 1 aliphatic heterocycles. The zero-order valence-electron chi connectivity index (χ0n) is 18.5. The number of amides is 2. The fraction of sp³-hybridized carbons (Fsp3) is 0.842. The van der Waals surface area contributed by atoms with Crippen LogP contribution in [0.4, 0.5) is 4.79 Å². The van der Waals surface area contributed by atoms with E-state index in [1.165, 1.54) is 0 Å². The summed E-state index contributed by atoms with van der Waals surface area (Å²) >= 11 is 0. The summed E-state index contributed by atoms with van der Waals surface area (Å²) in [6, 6.07) is 0. The fourth-order valence-corrected chi connectivity index (χ4v) is 2.74. The summed E-state index contributed by atoms with van der Waals surface area (Å²) in [5, 5.41) is 9.30. The maximum absolute atomic E-state index is 11.6. The maximum atomic E-state index is 11.6. The predicted molar refractivity (Wildman–Crippen MR) is 127 cm³/mol. The monoisotopic (exact) mass is 526 g/mol. The number of nitrogens with zero attached hydrogens (tertiary/aromatic N) is 3. The van der Waals surface area contributed by atoms with Gasteiger partial charge in [0.05, 0.1) is 0 Å². The molecule has 1 rings (SSSR count). The van der Waals surface area contributed by atoms with Crippen molar-refractivity contribution in [1.82, 2.24) is 25.8 Å². The van der Waals surface area contributed by atoms with Gasteiger partial charge in [0.25, 0.3) is 0 Å². The van der Waals surface area contributed by atoms with Crippen molar-refractivity contribution < 1.29 is 14.3 Å². The van der Waals surface area contributed by atoms with Crippen molar-refractivity contribution >= 4 is 41.9 Å². The first-order valence-corrected chi connectivity index (χ1v) is 10.2. The van der Waals surface area contributed by atoms with E-state index in [0.29, 0.717) is 13.1 Å². The molecule has 0 aromatic rings. The van der Waals surface area contributed by atoms with E-state index >= 15 is 0 Å². The molecule has 0 saturated carbocycles. The molecule has 0 radical (unpaired) electrons. The van der Waals surface area contributed by atoms with Crippen LogP contribution in [0.5, 0.6) is 0 Å². The highest BCUT2D eigenvalue weighted by atomic mass is 127. The van der Waals surface area contributed by atoms with Crippen LogP contribution in [-0.4, -0.2) is 92.3 Å². The Labute approximate surface area is 192 Å². The molecule has 2 amide bonds. The first-order valence-electron chi connectivity index (χ1n) is 10.2. The van der Waals surface area contributed by atoms with Crippen LogP contribution in [0.2, 0.25) is 0 Å². The number of halogens is 1. The number of carbonyl (C=O) groups is 2. The lowest BCUT2D eigenvalue weighted by Gasteiger charge is -2.34. The van der Waals surface area contributed by atoms with Gasteiger partial charge in [0.2, 0.25) is 5.91 Å². The first kappa shape index (κ1) is 27.7. The van der Waals surface area contributed by atoms with Crippen LogP contribution in [0.15, 0.2) is 4.99 Å². The highest BCUT2D eigenvalue weighted by Gasteiger charge is 2.18. The molecule has 170 valence electrons. The van der Waals surface area contributed by atoms with Crippen LogP contribution >= 0.6 is 24.0 Å². The molecule has 0 aliphatic carbocycles. The number of hydrogen-bond acceptors (Lipinski definition) is 5. The Hall–Kier alpha value is -1.30. The Morgan fingerprint density at radius 3 is 2.24 bits per heavy atom. The van der Waals surface area contributed by atoms with Crippen molar-refractivity contribution in [3.63, 3.8) is 0 Å². The molecular weight excluding hydrogens is 487 g/mol. The molecule has 0 unspecified atom stereocenters. The molecule has 10 heteroatoms. The standard InChI is InChI=1S/C19H38N6O3.HI/c1-6-20-17(21-8-7-9-23-18(27)28-19(3,4)5)22-10-11-24-12-14-25(15-13-24)16(2)26;/h6-15H2,1-5H3,(H,23,27)(H2,20,21,22);1H. The molecule has 9 nitrogen and oxygen atoms in total. The van der Waals surface area contributed by atoms with E-state index in [1.807, 2.05) is 32.6 Å². The predicted octanol–water partition coefficient (Wildman–Crippen LogP) is 1.24. The lowest BCUT2D eigenvalue weighted by atomic mass is 10.2. The molecule has 0 atom stereocenters. The number of alkyl carbamates (subject to hydrolysis) is 1. The second-order valence-electron chi connectivity index (χ2n) is 7.82. The number of hydrogen-bond donors (Lipinski definition) is 3. The average molecular weight is 526 g/mol. The number of ether oxygens (including phenoxy) is 1. The summed E-state index contributed by atoms with van der Waals surface area (Å²) in [6.45, 7) is 16.2. The van der Waals surface area contributed by atoms with Gasteiger partial charge in [-0.25, -0.2) is 4.79 Å². The summed E-state index contributed by atoms with van der Waals surface area (Å²) in [7, 11) is 0. The van der Waals surface area contributed by atoms with Crippen LogP contribution in [0.25, 0.3) is 0 Å². The van der Waals surface area contributed by atoms with Crippen molar-refractivity contribution in [3.8, 4) is 0 Å². The molecule has 0 aromatic carbocycles. The summed E-state index contributed by atoms with van der Waals surface area (Å²) in [5.41, 5.74) is -0.483. The highest BCUT2D eigenvalue weighted by molar-refractivity contribution is 14.0. The Balaban J connectivity index is 0.00000784. The number of aliphatic imine (C=N–C) groups is 1. The average Bonchev–Trinajstić information content (AvgIpc) is 2.60. The van der Waals surface area contributed by atoms with Gasteiger partial charge < -0.3 is 25.6 Å². The van der Waals surface area contributed by atoms with E-state index < -0.39 is 11.7 Å². The number of carbonyl (C=O) groups excluding carboxylic acids is 2. The van der Waals surface area contributed by atoms with Gasteiger partial charge in [-0.2, -0.15) is 0 Å². The molecule has 1 saturated heterocycles. The molecule has 29 heavy (non-hydrogen) atoms. The molecular formula is C19H39IN6O3. The van der Waals surface area contributed by atoms with E-state index in [-0.39, 0.29) is 29.9 Å².